The Morgan fingerprint density at radius 3 is 2.71 bits per heavy atom. The zero-order valence-corrected chi connectivity index (χ0v) is 10.5. The molecule has 0 unspecified atom stereocenters. The van der Waals surface area contributed by atoms with E-state index in [1.54, 1.807) is 18.2 Å². The van der Waals surface area contributed by atoms with Crippen molar-refractivity contribution in [2.45, 2.75) is 25.9 Å². The van der Waals surface area contributed by atoms with Crippen LogP contribution in [0.4, 0.5) is 0 Å². The molecule has 3 nitrogen and oxygen atoms in total. The van der Waals surface area contributed by atoms with Gasteiger partial charge in [0, 0.05) is 18.4 Å². The predicted octanol–water partition coefficient (Wildman–Crippen LogP) is 3.10. The van der Waals surface area contributed by atoms with Crippen molar-refractivity contribution in [1.82, 2.24) is 0 Å². The summed E-state index contributed by atoms with van der Waals surface area (Å²) in [7, 11) is 0. The summed E-state index contributed by atoms with van der Waals surface area (Å²) in [5.41, 5.74) is 0.533. The number of Topliss-reactive ketones (excluding diaryl/α,β-unsaturated/α-hetero) is 1. The highest BCUT2D eigenvalue weighted by Gasteiger charge is 2.16. The van der Waals surface area contributed by atoms with E-state index in [2.05, 4.69) is 0 Å². The van der Waals surface area contributed by atoms with E-state index < -0.39 is 0 Å². The highest BCUT2D eigenvalue weighted by Crippen LogP contribution is 2.25. The Balaban J connectivity index is 2.06. The highest BCUT2D eigenvalue weighted by molar-refractivity contribution is 6.34. The van der Waals surface area contributed by atoms with Crippen LogP contribution in [0.2, 0.25) is 5.02 Å². The maximum absolute atomic E-state index is 11.2. The summed E-state index contributed by atoms with van der Waals surface area (Å²) >= 11 is 6.02. The van der Waals surface area contributed by atoms with Crippen molar-refractivity contribution >= 4 is 17.4 Å². The van der Waals surface area contributed by atoms with E-state index in [0.29, 0.717) is 16.3 Å². The zero-order chi connectivity index (χ0) is 12.3. The second-order valence-corrected chi connectivity index (χ2v) is 4.53. The minimum Gasteiger partial charge on any atom is -0.490 e. The number of ether oxygens (including phenoxy) is 2. The van der Waals surface area contributed by atoms with Crippen molar-refractivity contribution in [3.8, 4) is 5.75 Å². The number of rotatable bonds is 3. The third-order valence-corrected chi connectivity index (χ3v) is 3.10. The molecule has 17 heavy (non-hydrogen) atoms. The molecule has 0 amide bonds. The second-order valence-electron chi connectivity index (χ2n) is 4.13. The van der Waals surface area contributed by atoms with E-state index in [0.717, 1.165) is 26.1 Å². The number of hydrogen-bond donors (Lipinski definition) is 0. The lowest BCUT2D eigenvalue weighted by atomic mass is 10.1. The third kappa shape index (κ3) is 3.20. The first-order valence-corrected chi connectivity index (χ1v) is 6.09. The average Bonchev–Trinajstić information content (AvgIpc) is 2.30. The van der Waals surface area contributed by atoms with Crippen LogP contribution in [0.25, 0.3) is 0 Å². The molecule has 1 aliphatic heterocycles. The molecule has 0 aromatic heterocycles. The Morgan fingerprint density at radius 1 is 1.41 bits per heavy atom. The monoisotopic (exact) mass is 254 g/mol. The van der Waals surface area contributed by atoms with Crippen LogP contribution in [0.15, 0.2) is 18.2 Å². The van der Waals surface area contributed by atoms with Crippen LogP contribution in [0.1, 0.15) is 30.1 Å². The van der Waals surface area contributed by atoms with Crippen molar-refractivity contribution in [3.63, 3.8) is 0 Å². The minimum absolute atomic E-state index is 0.0346. The number of carbonyl (C=O) groups is 1. The van der Waals surface area contributed by atoms with E-state index in [1.165, 1.54) is 6.92 Å². The molecule has 0 atom stereocenters. The fourth-order valence-electron chi connectivity index (χ4n) is 1.84. The SMILES string of the molecule is CC(=O)c1ccc(OC2CCOCC2)cc1Cl. The Bertz CT molecular complexity index is 411. The molecule has 0 aliphatic carbocycles. The number of halogens is 1. The van der Waals surface area contributed by atoms with Crippen LogP contribution in [0, 0.1) is 0 Å². The number of benzene rings is 1. The lowest BCUT2D eigenvalue weighted by Gasteiger charge is -2.23. The summed E-state index contributed by atoms with van der Waals surface area (Å²) in [6, 6.07) is 5.20. The fraction of sp³-hybridized carbons (Fsp3) is 0.462. The summed E-state index contributed by atoms with van der Waals surface area (Å²) in [6.07, 6.45) is 1.97. The van der Waals surface area contributed by atoms with Crippen LogP contribution in [0.3, 0.4) is 0 Å². The van der Waals surface area contributed by atoms with Gasteiger partial charge in [0.05, 0.1) is 18.2 Å². The lowest BCUT2D eigenvalue weighted by molar-refractivity contribution is 0.0256. The first-order chi connectivity index (χ1) is 8.16. The first-order valence-electron chi connectivity index (χ1n) is 5.71. The molecule has 1 saturated heterocycles. The van der Waals surface area contributed by atoms with Gasteiger partial charge in [0.2, 0.25) is 0 Å². The summed E-state index contributed by atoms with van der Waals surface area (Å²) < 4.78 is 11.1. The topological polar surface area (TPSA) is 35.5 Å². The van der Waals surface area contributed by atoms with Gasteiger partial charge in [0.15, 0.2) is 5.78 Å². The standard InChI is InChI=1S/C13H15ClO3/c1-9(15)12-3-2-11(8-13(12)14)17-10-4-6-16-7-5-10/h2-3,8,10H,4-7H2,1H3. The molecule has 92 valence electrons. The Hall–Kier alpha value is -1.06. The molecule has 0 saturated carbocycles. The van der Waals surface area contributed by atoms with Gasteiger partial charge in [-0.15, -0.1) is 0 Å². The Labute approximate surface area is 106 Å². The van der Waals surface area contributed by atoms with Crippen molar-refractivity contribution < 1.29 is 14.3 Å². The van der Waals surface area contributed by atoms with Gasteiger partial charge in [-0.2, -0.15) is 0 Å². The number of ketones is 1. The van der Waals surface area contributed by atoms with Gasteiger partial charge in [-0.25, -0.2) is 0 Å². The van der Waals surface area contributed by atoms with E-state index in [1.807, 2.05) is 0 Å². The molecule has 0 spiro atoms. The van der Waals surface area contributed by atoms with Crippen LogP contribution in [0.5, 0.6) is 5.75 Å². The van der Waals surface area contributed by atoms with Crippen molar-refractivity contribution in [3.05, 3.63) is 28.8 Å². The Morgan fingerprint density at radius 2 is 2.12 bits per heavy atom. The van der Waals surface area contributed by atoms with Gasteiger partial charge in [0.1, 0.15) is 11.9 Å². The van der Waals surface area contributed by atoms with Gasteiger partial charge in [-0.05, 0) is 25.1 Å². The van der Waals surface area contributed by atoms with Crippen LogP contribution < -0.4 is 4.74 Å². The minimum atomic E-state index is -0.0346. The fourth-order valence-corrected chi connectivity index (χ4v) is 2.14. The van der Waals surface area contributed by atoms with Gasteiger partial charge in [0.25, 0.3) is 0 Å². The summed E-state index contributed by atoms with van der Waals surface area (Å²) in [5, 5.41) is 0.446. The molecule has 0 N–H and O–H groups in total. The maximum Gasteiger partial charge on any atom is 0.161 e. The van der Waals surface area contributed by atoms with Crippen LogP contribution in [-0.4, -0.2) is 25.1 Å². The molecule has 1 aliphatic rings. The molecule has 1 fully saturated rings. The summed E-state index contributed by atoms with van der Waals surface area (Å²) in [4.78, 5) is 11.2. The van der Waals surface area contributed by atoms with Gasteiger partial charge in [-0.1, -0.05) is 11.6 Å². The number of hydrogen-bond acceptors (Lipinski definition) is 3. The predicted molar refractivity (Wildman–Crippen MR) is 65.9 cm³/mol. The smallest absolute Gasteiger partial charge is 0.161 e. The van der Waals surface area contributed by atoms with Gasteiger partial charge < -0.3 is 9.47 Å². The molecule has 0 bridgehead atoms. The quantitative estimate of drug-likeness (QED) is 0.778. The second kappa shape index (κ2) is 5.52. The molecule has 0 radical (unpaired) electrons. The average molecular weight is 255 g/mol. The van der Waals surface area contributed by atoms with Crippen LogP contribution >= 0.6 is 11.6 Å². The highest BCUT2D eigenvalue weighted by atomic mass is 35.5. The zero-order valence-electron chi connectivity index (χ0n) is 9.74. The third-order valence-electron chi connectivity index (χ3n) is 2.79. The first kappa shape index (κ1) is 12.4. The molecule has 1 aromatic carbocycles. The molecule has 1 heterocycles. The molecular formula is C13H15ClO3. The largest absolute Gasteiger partial charge is 0.490 e. The molecule has 4 heteroatoms. The van der Waals surface area contributed by atoms with Crippen molar-refractivity contribution in [2.24, 2.45) is 0 Å². The maximum atomic E-state index is 11.2. The van der Waals surface area contributed by atoms with Crippen molar-refractivity contribution in [2.75, 3.05) is 13.2 Å². The molecular weight excluding hydrogens is 240 g/mol. The lowest BCUT2D eigenvalue weighted by Crippen LogP contribution is -2.25. The molecule has 2 rings (SSSR count). The van der Waals surface area contributed by atoms with Crippen LogP contribution in [-0.2, 0) is 4.74 Å². The molecule has 1 aromatic rings. The van der Waals surface area contributed by atoms with Gasteiger partial charge in [-0.3, -0.25) is 4.79 Å². The van der Waals surface area contributed by atoms with E-state index in [9.17, 15) is 4.79 Å². The van der Waals surface area contributed by atoms with E-state index in [4.69, 9.17) is 21.1 Å². The normalized spacial score (nSPS) is 16.8. The van der Waals surface area contributed by atoms with E-state index in [-0.39, 0.29) is 11.9 Å². The Kier molecular flexibility index (Phi) is 4.02. The summed E-state index contributed by atoms with van der Waals surface area (Å²) in [6.45, 7) is 2.98. The number of carbonyl (C=O) groups excluding carboxylic acids is 1. The van der Waals surface area contributed by atoms with E-state index >= 15 is 0 Å². The summed E-state index contributed by atoms with van der Waals surface area (Å²) in [5.74, 6) is 0.680. The van der Waals surface area contributed by atoms with Gasteiger partial charge >= 0.3 is 0 Å². The van der Waals surface area contributed by atoms with Crippen molar-refractivity contribution in [1.29, 1.82) is 0 Å².